The molecule has 1 atom stereocenters. The minimum atomic E-state index is 0.176. The van der Waals surface area contributed by atoms with Gasteiger partial charge in [0.2, 0.25) is 0 Å². The Kier molecular flexibility index (Phi) is 6.13. The molecule has 2 heteroatoms. The van der Waals surface area contributed by atoms with Gasteiger partial charge in [0.15, 0.2) is 0 Å². The van der Waals surface area contributed by atoms with Crippen LogP contribution in [0.2, 0.25) is 5.02 Å². The monoisotopic (exact) mass is 307 g/mol. The average molecular weight is 308 g/mol. The Bertz CT molecular complexity index is 410. The molecule has 0 aromatic heterocycles. The van der Waals surface area contributed by atoms with Gasteiger partial charge in [-0.25, -0.2) is 0 Å². The Morgan fingerprint density at radius 1 is 1.05 bits per heavy atom. The van der Waals surface area contributed by atoms with E-state index >= 15 is 0 Å². The van der Waals surface area contributed by atoms with Gasteiger partial charge < -0.3 is 5.32 Å². The second-order valence-electron chi connectivity index (χ2n) is 7.54. The summed E-state index contributed by atoms with van der Waals surface area (Å²) in [6.45, 7) is 7.81. The van der Waals surface area contributed by atoms with Crippen LogP contribution < -0.4 is 5.32 Å². The second-order valence-corrected chi connectivity index (χ2v) is 7.98. The summed E-state index contributed by atoms with van der Waals surface area (Å²) in [6.07, 6.45) is 8.36. The van der Waals surface area contributed by atoms with Gasteiger partial charge in [-0.15, -0.1) is 0 Å². The van der Waals surface area contributed by atoms with Crippen molar-refractivity contribution in [1.29, 1.82) is 0 Å². The standard InChI is InChI=1S/C19H30ClN/c1-19(2,3)21-14-18(15-8-6-4-5-7-9-15)16-10-12-17(20)13-11-16/h10-13,15,18,21H,4-9,14H2,1-3H3. The third-order valence-corrected chi connectivity index (χ3v) is 4.87. The molecular formula is C19H30ClN. The van der Waals surface area contributed by atoms with Gasteiger partial charge >= 0.3 is 0 Å². The van der Waals surface area contributed by atoms with Crippen LogP contribution in [0.1, 0.15) is 70.8 Å². The highest BCUT2D eigenvalue weighted by Crippen LogP contribution is 2.35. The summed E-state index contributed by atoms with van der Waals surface area (Å²) in [5.74, 6) is 1.42. The highest BCUT2D eigenvalue weighted by molar-refractivity contribution is 6.30. The SMILES string of the molecule is CC(C)(C)NCC(c1ccc(Cl)cc1)C1CCCCCC1. The van der Waals surface area contributed by atoms with Crippen molar-refractivity contribution in [2.24, 2.45) is 5.92 Å². The highest BCUT2D eigenvalue weighted by atomic mass is 35.5. The van der Waals surface area contributed by atoms with Crippen LogP contribution in [0.25, 0.3) is 0 Å². The smallest absolute Gasteiger partial charge is 0.0406 e. The predicted octanol–water partition coefficient (Wildman–Crippen LogP) is 5.78. The zero-order chi connectivity index (χ0) is 15.3. The Labute approximate surface area is 135 Å². The highest BCUT2D eigenvalue weighted by Gasteiger charge is 2.25. The predicted molar refractivity (Wildman–Crippen MR) is 93.1 cm³/mol. The lowest BCUT2D eigenvalue weighted by Crippen LogP contribution is -2.40. The summed E-state index contributed by atoms with van der Waals surface area (Å²) in [4.78, 5) is 0. The lowest BCUT2D eigenvalue weighted by molar-refractivity contribution is 0.324. The lowest BCUT2D eigenvalue weighted by Gasteiger charge is -2.31. The Balaban J connectivity index is 2.14. The molecular weight excluding hydrogens is 278 g/mol. The molecule has 1 aliphatic carbocycles. The number of hydrogen-bond acceptors (Lipinski definition) is 1. The van der Waals surface area contributed by atoms with E-state index in [0.29, 0.717) is 5.92 Å². The molecule has 1 aromatic rings. The largest absolute Gasteiger partial charge is 0.311 e. The van der Waals surface area contributed by atoms with Crippen molar-refractivity contribution in [3.8, 4) is 0 Å². The molecule has 1 saturated carbocycles. The summed E-state index contributed by atoms with van der Waals surface area (Å²) in [5, 5.41) is 4.56. The number of nitrogens with one attached hydrogen (secondary N) is 1. The number of benzene rings is 1. The van der Waals surface area contributed by atoms with Crippen molar-refractivity contribution >= 4 is 11.6 Å². The van der Waals surface area contributed by atoms with E-state index in [2.05, 4.69) is 38.2 Å². The van der Waals surface area contributed by atoms with E-state index in [1.165, 1.54) is 44.1 Å². The van der Waals surface area contributed by atoms with Gasteiger partial charge in [-0.2, -0.15) is 0 Å². The zero-order valence-electron chi connectivity index (χ0n) is 13.8. The Hall–Kier alpha value is -0.530. The van der Waals surface area contributed by atoms with E-state index in [4.69, 9.17) is 11.6 Å². The van der Waals surface area contributed by atoms with E-state index in [1.807, 2.05) is 12.1 Å². The number of hydrogen-bond donors (Lipinski definition) is 1. The first-order valence-electron chi connectivity index (χ1n) is 8.46. The van der Waals surface area contributed by atoms with Gasteiger partial charge in [0.25, 0.3) is 0 Å². The van der Waals surface area contributed by atoms with Gasteiger partial charge in [0.1, 0.15) is 0 Å². The topological polar surface area (TPSA) is 12.0 Å². The molecule has 0 amide bonds. The molecule has 1 aliphatic rings. The van der Waals surface area contributed by atoms with Crippen molar-refractivity contribution in [2.75, 3.05) is 6.54 Å². The normalized spacial score (nSPS) is 19.2. The molecule has 2 rings (SSSR count). The van der Waals surface area contributed by atoms with Gasteiger partial charge in [-0.3, -0.25) is 0 Å². The quantitative estimate of drug-likeness (QED) is 0.695. The minimum absolute atomic E-state index is 0.176. The van der Waals surface area contributed by atoms with Gasteiger partial charge in [-0.1, -0.05) is 49.4 Å². The summed E-state index contributed by atoms with van der Waals surface area (Å²) >= 11 is 6.06. The van der Waals surface area contributed by atoms with Crippen LogP contribution in [-0.4, -0.2) is 12.1 Å². The molecule has 1 nitrogen and oxygen atoms in total. The van der Waals surface area contributed by atoms with Crippen LogP contribution in [0.4, 0.5) is 0 Å². The molecule has 0 radical (unpaired) electrons. The zero-order valence-corrected chi connectivity index (χ0v) is 14.5. The van der Waals surface area contributed by atoms with Crippen molar-refractivity contribution in [1.82, 2.24) is 5.32 Å². The fourth-order valence-electron chi connectivity index (χ4n) is 3.40. The van der Waals surface area contributed by atoms with Crippen LogP contribution in [0.15, 0.2) is 24.3 Å². The van der Waals surface area contributed by atoms with Crippen LogP contribution in [0.3, 0.4) is 0 Å². The third-order valence-electron chi connectivity index (χ3n) is 4.62. The molecule has 1 N–H and O–H groups in total. The summed E-state index contributed by atoms with van der Waals surface area (Å²) in [6, 6.07) is 8.53. The first kappa shape index (κ1) is 16.8. The van der Waals surface area contributed by atoms with Crippen molar-refractivity contribution in [3.05, 3.63) is 34.9 Å². The average Bonchev–Trinajstić information content (AvgIpc) is 2.69. The van der Waals surface area contributed by atoms with Crippen molar-refractivity contribution in [2.45, 2.75) is 70.8 Å². The first-order valence-corrected chi connectivity index (χ1v) is 8.84. The molecule has 0 bridgehead atoms. The molecule has 0 spiro atoms. The molecule has 0 heterocycles. The first-order chi connectivity index (χ1) is 9.96. The molecule has 1 aromatic carbocycles. The molecule has 0 aliphatic heterocycles. The Morgan fingerprint density at radius 3 is 2.14 bits per heavy atom. The van der Waals surface area contributed by atoms with Crippen LogP contribution >= 0.6 is 11.6 Å². The summed E-state index contributed by atoms with van der Waals surface area (Å²) in [5.41, 5.74) is 1.62. The molecule has 21 heavy (non-hydrogen) atoms. The van der Waals surface area contributed by atoms with Crippen LogP contribution in [-0.2, 0) is 0 Å². The molecule has 0 saturated heterocycles. The van der Waals surface area contributed by atoms with E-state index in [0.717, 1.165) is 17.5 Å². The van der Waals surface area contributed by atoms with Crippen LogP contribution in [0, 0.1) is 5.92 Å². The van der Waals surface area contributed by atoms with Gasteiger partial charge in [0, 0.05) is 17.1 Å². The fraction of sp³-hybridized carbons (Fsp3) is 0.684. The minimum Gasteiger partial charge on any atom is -0.311 e. The van der Waals surface area contributed by atoms with Crippen LogP contribution in [0.5, 0.6) is 0 Å². The van der Waals surface area contributed by atoms with Gasteiger partial charge in [-0.05, 0) is 63.1 Å². The molecule has 1 fully saturated rings. The van der Waals surface area contributed by atoms with Crippen molar-refractivity contribution in [3.63, 3.8) is 0 Å². The Morgan fingerprint density at radius 2 is 1.62 bits per heavy atom. The second kappa shape index (κ2) is 7.65. The fourth-order valence-corrected chi connectivity index (χ4v) is 3.52. The van der Waals surface area contributed by atoms with E-state index in [9.17, 15) is 0 Å². The summed E-state index contributed by atoms with van der Waals surface area (Å²) < 4.78 is 0. The third kappa shape index (κ3) is 5.64. The van der Waals surface area contributed by atoms with Gasteiger partial charge in [0.05, 0.1) is 0 Å². The number of halogens is 1. The maximum atomic E-state index is 6.06. The van der Waals surface area contributed by atoms with E-state index in [-0.39, 0.29) is 5.54 Å². The lowest BCUT2D eigenvalue weighted by atomic mass is 9.81. The summed E-state index contributed by atoms with van der Waals surface area (Å²) in [7, 11) is 0. The number of rotatable bonds is 4. The molecule has 118 valence electrons. The maximum absolute atomic E-state index is 6.06. The van der Waals surface area contributed by atoms with E-state index < -0.39 is 0 Å². The van der Waals surface area contributed by atoms with E-state index in [1.54, 1.807) is 0 Å². The maximum Gasteiger partial charge on any atom is 0.0406 e. The molecule has 1 unspecified atom stereocenters. The van der Waals surface area contributed by atoms with Crippen molar-refractivity contribution < 1.29 is 0 Å².